The first-order valence-electron chi connectivity index (χ1n) is 6.80. The Morgan fingerprint density at radius 3 is 2.74 bits per heavy atom. The molecule has 3 rings (SSSR count). The van der Waals surface area contributed by atoms with Crippen LogP contribution in [0.2, 0.25) is 0 Å². The molecule has 1 aromatic heterocycles. The summed E-state index contributed by atoms with van der Waals surface area (Å²) in [6, 6.07) is 15.0. The molecule has 0 saturated heterocycles. The number of halogens is 1. The maximum atomic E-state index is 12.4. The SMILES string of the molecule is Cc1cccc(-n2c(OC(=O)c3ccccc3Br)csc2=S)c1. The maximum Gasteiger partial charge on any atom is 0.345 e. The Morgan fingerprint density at radius 2 is 2.00 bits per heavy atom. The van der Waals surface area contributed by atoms with Crippen molar-refractivity contribution < 1.29 is 9.53 Å². The first kappa shape index (κ1) is 16.1. The van der Waals surface area contributed by atoms with Gasteiger partial charge in [0, 0.05) is 4.47 Å². The van der Waals surface area contributed by atoms with Crippen molar-refractivity contribution in [1.82, 2.24) is 4.57 Å². The summed E-state index contributed by atoms with van der Waals surface area (Å²) in [5.74, 6) is -0.00182. The van der Waals surface area contributed by atoms with Crippen LogP contribution >= 0.6 is 39.5 Å². The van der Waals surface area contributed by atoms with E-state index >= 15 is 0 Å². The zero-order valence-corrected chi connectivity index (χ0v) is 15.4. The number of carbonyl (C=O) groups excluding carboxylic acids is 1. The number of thiazole rings is 1. The fraction of sp³-hybridized carbons (Fsp3) is 0.0588. The van der Waals surface area contributed by atoms with Crippen molar-refractivity contribution in [3.8, 4) is 11.6 Å². The zero-order valence-electron chi connectivity index (χ0n) is 12.2. The minimum atomic E-state index is -0.424. The average Bonchev–Trinajstić information content (AvgIpc) is 2.88. The Balaban J connectivity index is 1.98. The number of aromatic nitrogens is 1. The van der Waals surface area contributed by atoms with Gasteiger partial charge in [-0.3, -0.25) is 4.57 Å². The van der Waals surface area contributed by atoms with E-state index in [1.54, 1.807) is 28.1 Å². The quantitative estimate of drug-likeness (QED) is 0.422. The van der Waals surface area contributed by atoms with Crippen molar-refractivity contribution in [2.45, 2.75) is 6.92 Å². The molecule has 0 N–H and O–H groups in total. The predicted octanol–water partition coefficient (Wildman–Crippen LogP) is 5.56. The molecule has 0 saturated carbocycles. The minimum absolute atomic E-state index is 0.423. The van der Waals surface area contributed by atoms with E-state index in [-0.39, 0.29) is 0 Å². The molecule has 0 amide bonds. The maximum absolute atomic E-state index is 12.4. The van der Waals surface area contributed by atoms with E-state index in [9.17, 15) is 4.79 Å². The molecule has 0 aliphatic carbocycles. The summed E-state index contributed by atoms with van der Waals surface area (Å²) in [5, 5.41) is 1.75. The number of nitrogens with zero attached hydrogens (tertiary/aromatic N) is 1. The van der Waals surface area contributed by atoms with Gasteiger partial charge in [0.05, 0.1) is 16.6 Å². The van der Waals surface area contributed by atoms with E-state index in [2.05, 4.69) is 15.9 Å². The molecular formula is C17H12BrNO2S2. The minimum Gasteiger partial charge on any atom is -0.404 e. The largest absolute Gasteiger partial charge is 0.404 e. The number of rotatable bonds is 3. The monoisotopic (exact) mass is 405 g/mol. The summed E-state index contributed by atoms with van der Waals surface area (Å²) in [6.07, 6.45) is 0. The summed E-state index contributed by atoms with van der Waals surface area (Å²) in [6.45, 7) is 2.01. The van der Waals surface area contributed by atoms with Gasteiger partial charge in [-0.15, -0.1) is 11.3 Å². The van der Waals surface area contributed by atoms with Gasteiger partial charge in [0.15, 0.2) is 3.95 Å². The van der Waals surface area contributed by atoms with E-state index in [1.807, 2.05) is 37.3 Å². The van der Waals surface area contributed by atoms with Gasteiger partial charge in [0.25, 0.3) is 0 Å². The van der Waals surface area contributed by atoms with Crippen molar-refractivity contribution in [3.63, 3.8) is 0 Å². The average molecular weight is 406 g/mol. The molecule has 0 aliphatic heterocycles. The van der Waals surface area contributed by atoms with Crippen molar-refractivity contribution in [2.24, 2.45) is 0 Å². The predicted molar refractivity (Wildman–Crippen MR) is 98.3 cm³/mol. The highest BCUT2D eigenvalue weighted by Crippen LogP contribution is 2.26. The van der Waals surface area contributed by atoms with Gasteiger partial charge >= 0.3 is 5.97 Å². The Labute approximate surface area is 151 Å². The summed E-state index contributed by atoms with van der Waals surface area (Å²) >= 11 is 10.1. The third-order valence-corrected chi connectivity index (χ3v) is 5.08. The van der Waals surface area contributed by atoms with Crippen LogP contribution in [0, 0.1) is 10.9 Å². The van der Waals surface area contributed by atoms with Crippen LogP contribution in [-0.4, -0.2) is 10.5 Å². The van der Waals surface area contributed by atoms with Gasteiger partial charge in [0.2, 0.25) is 5.88 Å². The molecular weight excluding hydrogens is 394 g/mol. The van der Waals surface area contributed by atoms with Crippen LogP contribution in [0.3, 0.4) is 0 Å². The fourth-order valence-electron chi connectivity index (χ4n) is 2.14. The standard InChI is InChI=1S/C17H12BrNO2S2/c1-11-5-4-6-12(9-11)19-15(10-23-17(19)22)21-16(20)13-7-2-3-8-14(13)18/h2-10H,1H3. The van der Waals surface area contributed by atoms with Gasteiger partial charge in [-0.05, 0) is 64.9 Å². The van der Waals surface area contributed by atoms with Crippen molar-refractivity contribution in [3.05, 3.63) is 73.5 Å². The number of carbonyl (C=O) groups is 1. The normalized spacial score (nSPS) is 10.5. The first-order valence-corrected chi connectivity index (χ1v) is 8.88. The molecule has 0 aliphatic rings. The fourth-order valence-corrected chi connectivity index (χ4v) is 3.58. The third-order valence-electron chi connectivity index (χ3n) is 3.21. The highest BCUT2D eigenvalue weighted by molar-refractivity contribution is 9.10. The highest BCUT2D eigenvalue weighted by Gasteiger charge is 2.16. The van der Waals surface area contributed by atoms with Gasteiger partial charge in [-0.25, -0.2) is 4.79 Å². The van der Waals surface area contributed by atoms with E-state index in [1.165, 1.54) is 11.3 Å². The van der Waals surface area contributed by atoms with Gasteiger partial charge in [0.1, 0.15) is 0 Å². The summed E-state index contributed by atoms with van der Waals surface area (Å²) in [5.41, 5.74) is 2.46. The van der Waals surface area contributed by atoms with Crippen LogP contribution in [0.15, 0.2) is 58.4 Å². The Morgan fingerprint density at radius 1 is 1.22 bits per heavy atom. The molecule has 23 heavy (non-hydrogen) atoms. The van der Waals surface area contributed by atoms with Crippen LogP contribution in [0.1, 0.15) is 15.9 Å². The molecule has 2 aromatic carbocycles. The van der Waals surface area contributed by atoms with Crippen LogP contribution in [-0.2, 0) is 0 Å². The van der Waals surface area contributed by atoms with Crippen molar-refractivity contribution in [1.29, 1.82) is 0 Å². The lowest BCUT2D eigenvalue weighted by atomic mass is 10.2. The Hall–Kier alpha value is -1.76. The second-order valence-corrected chi connectivity index (χ2v) is 7.24. The smallest absolute Gasteiger partial charge is 0.345 e. The molecule has 0 fully saturated rings. The molecule has 116 valence electrons. The van der Waals surface area contributed by atoms with E-state index in [4.69, 9.17) is 17.0 Å². The van der Waals surface area contributed by atoms with E-state index in [0.717, 1.165) is 11.3 Å². The van der Waals surface area contributed by atoms with Crippen LogP contribution in [0.5, 0.6) is 5.88 Å². The number of benzene rings is 2. The molecule has 3 nitrogen and oxygen atoms in total. The zero-order chi connectivity index (χ0) is 16.4. The first-order chi connectivity index (χ1) is 11.1. The molecule has 0 radical (unpaired) electrons. The highest BCUT2D eigenvalue weighted by atomic mass is 79.9. The Kier molecular flexibility index (Phi) is 4.75. The number of aryl methyl sites for hydroxylation is 1. The molecule has 0 unspecified atom stereocenters. The molecule has 0 atom stereocenters. The number of hydrogen-bond donors (Lipinski definition) is 0. The van der Waals surface area contributed by atoms with Crippen LogP contribution < -0.4 is 4.74 Å². The lowest BCUT2D eigenvalue weighted by molar-refractivity contribution is 0.0724. The topological polar surface area (TPSA) is 31.2 Å². The van der Waals surface area contributed by atoms with E-state index < -0.39 is 5.97 Å². The van der Waals surface area contributed by atoms with Crippen molar-refractivity contribution in [2.75, 3.05) is 0 Å². The summed E-state index contributed by atoms with van der Waals surface area (Å²) in [4.78, 5) is 12.4. The number of ether oxygens (including phenoxy) is 1. The van der Waals surface area contributed by atoms with Crippen LogP contribution in [0.4, 0.5) is 0 Å². The number of esters is 1. The molecule has 0 spiro atoms. The van der Waals surface area contributed by atoms with Crippen molar-refractivity contribution >= 4 is 45.5 Å². The molecule has 3 aromatic rings. The van der Waals surface area contributed by atoms with E-state index in [0.29, 0.717) is 19.9 Å². The summed E-state index contributed by atoms with van der Waals surface area (Å²) < 4.78 is 8.66. The summed E-state index contributed by atoms with van der Waals surface area (Å²) in [7, 11) is 0. The molecule has 0 bridgehead atoms. The molecule has 6 heteroatoms. The van der Waals surface area contributed by atoms with Crippen LogP contribution in [0.25, 0.3) is 5.69 Å². The third kappa shape index (κ3) is 3.44. The van der Waals surface area contributed by atoms with Gasteiger partial charge in [-0.2, -0.15) is 0 Å². The second kappa shape index (κ2) is 6.78. The molecule has 1 heterocycles. The van der Waals surface area contributed by atoms with Gasteiger partial charge < -0.3 is 4.74 Å². The van der Waals surface area contributed by atoms with Gasteiger partial charge in [-0.1, -0.05) is 24.3 Å². The lowest BCUT2D eigenvalue weighted by Crippen LogP contribution is -2.12. The second-order valence-electron chi connectivity index (χ2n) is 4.88. The number of hydrogen-bond acceptors (Lipinski definition) is 4. The lowest BCUT2D eigenvalue weighted by Gasteiger charge is -2.10. The Bertz CT molecular complexity index is 930.